The fraction of sp³-hybridized carbons (Fsp3) is 0.222. The van der Waals surface area contributed by atoms with E-state index in [-0.39, 0.29) is 11.7 Å². The first kappa shape index (κ1) is 8.68. The predicted molar refractivity (Wildman–Crippen MR) is 49.4 cm³/mol. The molecule has 0 radical (unpaired) electrons. The molecule has 0 saturated carbocycles. The summed E-state index contributed by atoms with van der Waals surface area (Å²) in [4.78, 5) is 14.9. The molecule has 0 aliphatic rings. The van der Waals surface area contributed by atoms with Crippen LogP contribution in [0, 0.1) is 6.92 Å². The van der Waals surface area contributed by atoms with Crippen LogP contribution in [0.3, 0.4) is 0 Å². The Morgan fingerprint density at radius 1 is 1.57 bits per heavy atom. The molecule has 0 unspecified atom stereocenters. The number of carbonyl (C=O) groups excluding carboxylic acids is 1. The normalized spacial score (nSPS) is 10.7. The molecule has 2 aromatic heterocycles. The summed E-state index contributed by atoms with van der Waals surface area (Å²) in [5.41, 5.74) is 1.42. The number of hydrogen-bond donors (Lipinski definition) is 1. The molecule has 0 fully saturated rings. The van der Waals surface area contributed by atoms with Crippen molar-refractivity contribution in [3.8, 4) is 5.88 Å². The minimum absolute atomic E-state index is 0.106. The van der Waals surface area contributed by atoms with E-state index in [1.54, 1.807) is 13.1 Å². The van der Waals surface area contributed by atoms with Gasteiger partial charge in [0.15, 0.2) is 5.78 Å². The van der Waals surface area contributed by atoms with Crippen molar-refractivity contribution in [2.75, 3.05) is 0 Å². The van der Waals surface area contributed by atoms with Crippen molar-refractivity contribution in [3.05, 3.63) is 23.7 Å². The monoisotopic (exact) mass is 191 g/mol. The van der Waals surface area contributed by atoms with E-state index in [1.807, 2.05) is 0 Å². The number of rotatable bonds is 1. The first-order chi connectivity index (χ1) is 6.58. The van der Waals surface area contributed by atoms with Crippen LogP contribution in [0.2, 0.25) is 0 Å². The number of ketones is 1. The zero-order chi connectivity index (χ0) is 10.3. The highest BCUT2D eigenvalue weighted by atomic mass is 16.3. The molecule has 0 aromatic carbocycles. The smallest absolute Gasteiger partial charge is 0.237 e. The Hall–Kier alpha value is -1.91. The zero-order valence-corrected chi connectivity index (χ0v) is 7.85. The van der Waals surface area contributed by atoms with Crippen LogP contribution in [-0.2, 0) is 0 Å². The number of fused-ring (bicyclic) bond motifs is 1. The molecule has 0 saturated heterocycles. The van der Waals surface area contributed by atoms with E-state index in [0.29, 0.717) is 16.9 Å². The molecular weight excluding hydrogens is 182 g/mol. The van der Waals surface area contributed by atoms with Crippen LogP contribution in [0.4, 0.5) is 0 Å². The van der Waals surface area contributed by atoms with Crippen LogP contribution in [0.1, 0.15) is 23.1 Å². The average Bonchev–Trinajstić information content (AvgIpc) is 2.47. The first-order valence-corrected chi connectivity index (χ1v) is 4.15. The van der Waals surface area contributed by atoms with E-state index in [9.17, 15) is 9.90 Å². The van der Waals surface area contributed by atoms with E-state index in [1.165, 1.54) is 17.5 Å². The number of Topliss-reactive ketones (excluding diaryl/α,β-unsaturated/α-hetero) is 1. The molecule has 72 valence electrons. The Bertz CT molecular complexity index is 516. The lowest BCUT2D eigenvalue weighted by atomic mass is 10.3. The predicted octanol–water partition coefficient (Wildman–Crippen LogP) is 0.946. The summed E-state index contributed by atoms with van der Waals surface area (Å²) in [7, 11) is 0. The number of aryl methyl sites for hydroxylation is 1. The Morgan fingerprint density at radius 3 is 2.93 bits per heavy atom. The fourth-order valence-corrected chi connectivity index (χ4v) is 1.26. The summed E-state index contributed by atoms with van der Waals surface area (Å²) in [6.45, 7) is 3.17. The highest BCUT2D eigenvalue weighted by molar-refractivity contribution is 5.93. The van der Waals surface area contributed by atoms with Crippen LogP contribution in [0.15, 0.2) is 12.3 Å². The molecule has 2 heterocycles. The first-order valence-electron chi connectivity index (χ1n) is 4.15. The van der Waals surface area contributed by atoms with Crippen molar-refractivity contribution in [1.82, 2.24) is 14.6 Å². The third-order valence-electron chi connectivity index (χ3n) is 1.92. The van der Waals surface area contributed by atoms with E-state index >= 15 is 0 Å². The number of hydrogen-bond acceptors (Lipinski definition) is 4. The van der Waals surface area contributed by atoms with Gasteiger partial charge in [-0.15, -0.1) is 0 Å². The van der Waals surface area contributed by atoms with Crippen molar-refractivity contribution in [3.63, 3.8) is 0 Å². The number of carbonyl (C=O) groups is 1. The zero-order valence-electron chi connectivity index (χ0n) is 7.85. The third kappa shape index (κ3) is 1.22. The maximum atomic E-state index is 11.0. The van der Waals surface area contributed by atoms with Gasteiger partial charge in [0.05, 0.1) is 11.9 Å². The second kappa shape index (κ2) is 2.80. The average molecular weight is 191 g/mol. The molecule has 0 bridgehead atoms. The molecule has 0 aliphatic heterocycles. The van der Waals surface area contributed by atoms with Crippen molar-refractivity contribution in [1.29, 1.82) is 0 Å². The van der Waals surface area contributed by atoms with Crippen molar-refractivity contribution in [2.24, 2.45) is 0 Å². The van der Waals surface area contributed by atoms with Gasteiger partial charge >= 0.3 is 0 Å². The Balaban J connectivity index is 2.76. The Morgan fingerprint density at radius 2 is 2.29 bits per heavy atom. The van der Waals surface area contributed by atoms with Gasteiger partial charge in [-0.05, 0) is 6.92 Å². The lowest BCUT2D eigenvalue weighted by Crippen LogP contribution is -1.95. The van der Waals surface area contributed by atoms with E-state index < -0.39 is 0 Å². The van der Waals surface area contributed by atoms with Gasteiger partial charge < -0.3 is 5.11 Å². The molecule has 14 heavy (non-hydrogen) atoms. The van der Waals surface area contributed by atoms with Gasteiger partial charge in [0.2, 0.25) is 5.88 Å². The largest absolute Gasteiger partial charge is 0.492 e. The lowest BCUT2D eigenvalue weighted by molar-refractivity contribution is 0.101. The number of aromatic nitrogens is 3. The Kier molecular flexibility index (Phi) is 1.73. The summed E-state index contributed by atoms with van der Waals surface area (Å²) in [5, 5.41) is 13.5. The van der Waals surface area contributed by atoms with E-state index in [2.05, 4.69) is 10.1 Å². The van der Waals surface area contributed by atoms with Crippen molar-refractivity contribution < 1.29 is 9.90 Å². The number of aromatic hydroxyl groups is 1. The van der Waals surface area contributed by atoms with Gasteiger partial charge in [0.25, 0.3) is 0 Å². The molecule has 5 nitrogen and oxygen atoms in total. The fourth-order valence-electron chi connectivity index (χ4n) is 1.26. The van der Waals surface area contributed by atoms with Gasteiger partial charge in [-0.25, -0.2) is 9.50 Å². The van der Waals surface area contributed by atoms with Gasteiger partial charge in [0, 0.05) is 13.0 Å². The maximum Gasteiger partial charge on any atom is 0.237 e. The molecule has 5 heteroatoms. The van der Waals surface area contributed by atoms with Crippen molar-refractivity contribution >= 4 is 11.3 Å². The van der Waals surface area contributed by atoms with Gasteiger partial charge in [0.1, 0.15) is 11.2 Å². The van der Waals surface area contributed by atoms with Crippen LogP contribution < -0.4 is 0 Å². The van der Waals surface area contributed by atoms with Gasteiger partial charge in [-0.1, -0.05) is 0 Å². The van der Waals surface area contributed by atoms with E-state index in [4.69, 9.17) is 0 Å². The van der Waals surface area contributed by atoms with Crippen LogP contribution in [0.5, 0.6) is 5.88 Å². The topological polar surface area (TPSA) is 67.5 Å². The molecular formula is C9H9N3O2. The quantitative estimate of drug-likeness (QED) is 0.681. The highest BCUT2D eigenvalue weighted by Crippen LogP contribution is 2.17. The molecule has 0 amide bonds. The second-order valence-electron chi connectivity index (χ2n) is 3.12. The van der Waals surface area contributed by atoms with Crippen LogP contribution >= 0.6 is 0 Å². The number of nitrogens with zero attached hydrogens (tertiary/aromatic N) is 3. The minimum atomic E-state index is -0.134. The maximum absolute atomic E-state index is 11.0. The summed E-state index contributed by atoms with van der Waals surface area (Å²) >= 11 is 0. The summed E-state index contributed by atoms with van der Waals surface area (Å²) < 4.78 is 1.45. The van der Waals surface area contributed by atoms with Crippen LogP contribution in [-0.4, -0.2) is 25.5 Å². The molecule has 0 atom stereocenters. The molecule has 1 N–H and O–H groups in total. The summed E-state index contributed by atoms with van der Waals surface area (Å²) in [5.74, 6) is -0.240. The second-order valence-corrected chi connectivity index (χ2v) is 3.12. The Labute approximate surface area is 80.0 Å². The molecule has 0 spiro atoms. The lowest BCUT2D eigenvalue weighted by Gasteiger charge is -1.96. The van der Waals surface area contributed by atoms with E-state index in [0.717, 1.165) is 0 Å². The van der Waals surface area contributed by atoms with Gasteiger partial charge in [-0.2, -0.15) is 5.10 Å². The van der Waals surface area contributed by atoms with Crippen LogP contribution in [0.25, 0.3) is 5.52 Å². The summed E-state index contributed by atoms with van der Waals surface area (Å²) in [6.07, 6.45) is 1.65. The molecule has 2 aromatic rings. The third-order valence-corrected chi connectivity index (χ3v) is 1.92. The SMILES string of the molecule is CC(=O)c1cc2c(O)nc(C)cn2n1. The molecule has 0 aliphatic carbocycles. The minimum Gasteiger partial charge on any atom is -0.492 e. The highest BCUT2D eigenvalue weighted by Gasteiger charge is 2.09. The van der Waals surface area contributed by atoms with Gasteiger partial charge in [-0.3, -0.25) is 4.79 Å². The standard InChI is InChI=1S/C9H9N3O2/c1-5-4-12-8(9(14)10-5)3-7(11-12)6(2)13/h3-4H,1-2H3,(H,10,14). The summed E-state index contributed by atoms with van der Waals surface area (Å²) in [6, 6.07) is 1.52. The van der Waals surface area contributed by atoms with Crippen molar-refractivity contribution in [2.45, 2.75) is 13.8 Å². The molecule has 2 rings (SSSR count).